The van der Waals surface area contributed by atoms with Gasteiger partial charge in [0.2, 0.25) is 0 Å². The van der Waals surface area contributed by atoms with Gasteiger partial charge in [0, 0.05) is 5.56 Å². The zero-order valence-electron chi connectivity index (χ0n) is 17.0. The quantitative estimate of drug-likeness (QED) is 0.647. The van der Waals surface area contributed by atoms with Crippen LogP contribution >= 0.6 is 0 Å². The van der Waals surface area contributed by atoms with Crippen molar-refractivity contribution >= 4 is 28.7 Å². The monoisotopic (exact) mass is 402 g/mol. The van der Waals surface area contributed by atoms with Crippen molar-refractivity contribution < 1.29 is 19.1 Å². The number of benzene rings is 3. The third kappa shape index (κ3) is 3.52. The molecule has 0 aliphatic carbocycles. The summed E-state index contributed by atoms with van der Waals surface area (Å²) in [6.45, 7) is 5.25. The maximum absolute atomic E-state index is 13.1. The molecule has 0 aromatic heterocycles. The van der Waals surface area contributed by atoms with Crippen molar-refractivity contribution in [3.8, 4) is 0 Å². The van der Waals surface area contributed by atoms with Gasteiger partial charge in [-0.25, -0.2) is 9.69 Å². The summed E-state index contributed by atoms with van der Waals surface area (Å²) in [4.78, 5) is 40.0. The standard InChI is InChI=1S/C24H22N2O4/c1-24(2,3)30-23(29)25-20(17-14-8-10-15-9-4-5-11-16(15)17)26-21(27)18-12-6-7-13-19(18)22(26)28/h4-14,20H,1-3H3,(H,25,29). The Bertz CT molecular complexity index is 1120. The zero-order valence-corrected chi connectivity index (χ0v) is 17.0. The summed E-state index contributed by atoms with van der Waals surface area (Å²) in [6.07, 6.45) is -1.73. The number of rotatable bonds is 3. The number of nitrogens with zero attached hydrogens (tertiary/aromatic N) is 1. The highest BCUT2D eigenvalue weighted by atomic mass is 16.6. The number of amides is 3. The van der Waals surface area contributed by atoms with E-state index in [9.17, 15) is 14.4 Å². The van der Waals surface area contributed by atoms with Crippen molar-refractivity contribution in [3.63, 3.8) is 0 Å². The van der Waals surface area contributed by atoms with Crippen LogP contribution in [0, 0.1) is 0 Å². The summed E-state index contributed by atoms with van der Waals surface area (Å²) in [6, 6.07) is 19.8. The lowest BCUT2D eigenvalue weighted by Crippen LogP contribution is -2.46. The lowest BCUT2D eigenvalue weighted by Gasteiger charge is -2.29. The highest BCUT2D eigenvalue weighted by molar-refractivity contribution is 6.21. The minimum atomic E-state index is -1.02. The third-order valence-electron chi connectivity index (χ3n) is 4.86. The molecule has 3 aromatic rings. The summed E-state index contributed by atoms with van der Waals surface area (Å²) in [7, 11) is 0. The van der Waals surface area contributed by atoms with E-state index in [1.807, 2.05) is 36.4 Å². The predicted molar refractivity (Wildman–Crippen MR) is 113 cm³/mol. The second kappa shape index (κ2) is 7.30. The Labute approximate surface area is 174 Å². The lowest BCUT2D eigenvalue weighted by atomic mass is 10.0. The van der Waals surface area contributed by atoms with Crippen molar-refractivity contribution in [2.24, 2.45) is 0 Å². The van der Waals surface area contributed by atoms with E-state index < -0.39 is 29.7 Å². The Morgan fingerprint density at radius 3 is 2.07 bits per heavy atom. The van der Waals surface area contributed by atoms with Crippen LogP contribution < -0.4 is 5.32 Å². The van der Waals surface area contributed by atoms with Crippen molar-refractivity contribution in [2.45, 2.75) is 32.5 Å². The number of ether oxygens (including phenoxy) is 1. The van der Waals surface area contributed by atoms with Gasteiger partial charge in [-0.15, -0.1) is 0 Å². The van der Waals surface area contributed by atoms with E-state index in [4.69, 9.17) is 4.74 Å². The van der Waals surface area contributed by atoms with E-state index >= 15 is 0 Å². The van der Waals surface area contributed by atoms with E-state index in [2.05, 4.69) is 5.32 Å². The number of hydrogen-bond acceptors (Lipinski definition) is 4. The lowest BCUT2D eigenvalue weighted by molar-refractivity contribution is 0.0386. The molecule has 1 heterocycles. The first-order valence-electron chi connectivity index (χ1n) is 9.70. The molecular weight excluding hydrogens is 380 g/mol. The molecule has 1 atom stereocenters. The molecule has 0 fully saturated rings. The van der Waals surface area contributed by atoms with E-state index in [0.717, 1.165) is 15.7 Å². The Balaban J connectivity index is 1.82. The van der Waals surface area contributed by atoms with Crippen LogP contribution in [-0.2, 0) is 4.74 Å². The molecule has 0 saturated heterocycles. The molecule has 6 heteroatoms. The smallest absolute Gasteiger partial charge is 0.409 e. The normalized spacial score (nSPS) is 14.6. The van der Waals surface area contributed by atoms with Crippen LogP contribution in [0.3, 0.4) is 0 Å². The van der Waals surface area contributed by atoms with Gasteiger partial charge in [-0.3, -0.25) is 14.9 Å². The molecular formula is C24H22N2O4. The van der Waals surface area contributed by atoms with Crippen LogP contribution in [0.5, 0.6) is 0 Å². The molecule has 1 N–H and O–H groups in total. The first-order chi connectivity index (χ1) is 14.3. The number of nitrogens with one attached hydrogen (secondary N) is 1. The van der Waals surface area contributed by atoms with Gasteiger partial charge < -0.3 is 4.74 Å². The number of fused-ring (bicyclic) bond motifs is 2. The second-order valence-electron chi connectivity index (χ2n) is 8.14. The molecule has 1 aliphatic heterocycles. The molecule has 0 saturated carbocycles. The fraction of sp³-hybridized carbons (Fsp3) is 0.208. The molecule has 152 valence electrons. The Morgan fingerprint density at radius 2 is 1.43 bits per heavy atom. The van der Waals surface area contributed by atoms with Gasteiger partial charge in [0.25, 0.3) is 11.8 Å². The van der Waals surface area contributed by atoms with Crippen LogP contribution in [0.4, 0.5) is 4.79 Å². The van der Waals surface area contributed by atoms with Gasteiger partial charge in [-0.05, 0) is 43.7 Å². The van der Waals surface area contributed by atoms with Gasteiger partial charge in [0.05, 0.1) is 11.1 Å². The highest BCUT2D eigenvalue weighted by Gasteiger charge is 2.42. The molecule has 6 nitrogen and oxygen atoms in total. The first kappa shape index (κ1) is 19.6. The van der Waals surface area contributed by atoms with Gasteiger partial charge in [0.15, 0.2) is 0 Å². The van der Waals surface area contributed by atoms with E-state index in [1.54, 1.807) is 51.1 Å². The second-order valence-corrected chi connectivity index (χ2v) is 8.14. The molecule has 0 bridgehead atoms. The van der Waals surface area contributed by atoms with Crippen molar-refractivity contribution in [2.75, 3.05) is 0 Å². The Morgan fingerprint density at radius 1 is 0.867 bits per heavy atom. The molecule has 0 radical (unpaired) electrons. The molecule has 0 spiro atoms. The molecule has 1 unspecified atom stereocenters. The first-order valence-corrected chi connectivity index (χ1v) is 9.70. The van der Waals surface area contributed by atoms with Crippen molar-refractivity contribution in [1.29, 1.82) is 0 Å². The number of carbonyl (C=O) groups is 3. The Hall–Kier alpha value is -3.67. The fourth-order valence-corrected chi connectivity index (χ4v) is 3.63. The molecule has 4 rings (SSSR count). The van der Waals surface area contributed by atoms with Crippen LogP contribution in [-0.4, -0.2) is 28.4 Å². The SMILES string of the molecule is CC(C)(C)OC(=O)NC(c1cccc2ccccc12)N1C(=O)c2ccccc2C1=O. The molecule has 1 aliphatic rings. The molecule has 3 aromatic carbocycles. The summed E-state index contributed by atoms with van der Waals surface area (Å²) in [5, 5.41) is 4.51. The van der Waals surface area contributed by atoms with Crippen LogP contribution in [0.15, 0.2) is 66.7 Å². The summed E-state index contributed by atoms with van der Waals surface area (Å²) in [5.41, 5.74) is 0.543. The van der Waals surface area contributed by atoms with Gasteiger partial charge in [-0.1, -0.05) is 54.6 Å². The number of alkyl carbamates (subject to hydrolysis) is 1. The minimum Gasteiger partial charge on any atom is -0.444 e. The maximum atomic E-state index is 13.1. The van der Waals surface area contributed by atoms with Gasteiger partial charge in [-0.2, -0.15) is 0 Å². The van der Waals surface area contributed by atoms with Gasteiger partial charge in [0.1, 0.15) is 11.8 Å². The van der Waals surface area contributed by atoms with E-state index in [0.29, 0.717) is 16.7 Å². The predicted octanol–water partition coefficient (Wildman–Crippen LogP) is 4.66. The van der Waals surface area contributed by atoms with Crippen molar-refractivity contribution in [1.82, 2.24) is 10.2 Å². The highest BCUT2D eigenvalue weighted by Crippen LogP contribution is 2.33. The number of hydrogen-bond donors (Lipinski definition) is 1. The fourth-order valence-electron chi connectivity index (χ4n) is 3.63. The summed E-state index contributed by atoms with van der Waals surface area (Å²) >= 11 is 0. The van der Waals surface area contributed by atoms with Crippen LogP contribution in [0.25, 0.3) is 10.8 Å². The average molecular weight is 402 g/mol. The largest absolute Gasteiger partial charge is 0.444 e. The van der Waals surface area contributed by atoms with Crippen LogP contribution in [0.1, 0.15) is 53.2 Å². The van der Waals surface area contributed by atoms with Crippen molar-refractivity contribution in [3.05, 3.63) is 83.4 Å². The number of imide groups is 1. The third-order valence-corrected chi connectivity index (χ3v) is 4.86. The summed E-state index contributed by atoms with van der Waals surface area (Å²) in [5.74, 6) is -0.908. The average Bonchev–Trinajstić information content (AvgIpc) is 2.95. The zero-order chi connectivity index (χ0) is 21.5. The van der Waals surface area contributed by atoms with E-state index in [1.165, 1.54) is 0 Å². The molecule has 30 heavy (non-hydrogen) atoms. The van der Waals surface area contributed by atoms with Crippen LogP contribution in [0.2, 0.25) is 0 Å². The number of carbonyl (C=O) groups excluding carboxylic acids is 3. The summed E-state index contributed by atoms with van der Waals surface area (Å²) < 4.78 is 5.41. The van der Waals surface area contributed by atoms with Gasteiger partial charge >= 0.3 is 6.09 Å². The topological polar surface area (TPSA) is 75.7 Å². The minimum absolute atomic E-state index is 0.318. The molecule has 3 amide bonds. The van der Waals surface area contributed by atoms with E-state index in [-0.39, 0.29) is 0 Å². The Kier molecular flexibility index (Phi) is 4.78. The maximum Gasteiger partial charge on any atom is 0.409 e.